The number of rotatable bonds is 7. The second-order valence-corrected chi connectivity index (χ2v) is 8.11. The normalized spacial score (nSPS) is 12.2. The van der Waals surface area contributed by atoms with Crippen LogP contribution >= 0.6 is 0 Å². The van der Waals surface area contributed by atoms with Crippen LogP contribution in [0.2, 0.25) is 0 Å². The van der Waals surface area contributed by atoms with Crippen LogP contribution in [-0.4, -0.2) is 42.3 Å². The van der Waals surface area contributed by atoms with E-state index in [4.69, 9.17) is 4.74 Å². The molecule has 150 valence electrons. The summed E-state index contributed by atoms with van der Waals surface area (Å²) < 4.78 is 31.7. The van der Waals surface area contributed by atoms with Crippen LogP contribution in [0.25, 0.3) is 5.69 Å². The van der Waals surface area contributed by atoms with Crippen molar-refractivity contribution in [1.82, 2.24) is 9.78 Å². The van der Waals surface area contributed by atoms with Gasteiger partial charge >= 0.3 is 5.97 Å². The lowest BCUT2D eigenvalue weighted by molar-refractivity contribution is 0.0319. The van der Waals surface area contributed by atoms with Gasteiger partial charge < -0.3 is 4.74 Å². The van der Waals surface area contributed by atoms with Gasteiger partial charge in [-0.25, -0.2) is 17.9 Å². The Morgan fingerprint density at radius 1 is 1.03 bits per heavy atom. The Balaban J connectivity index is 1.63. The Hall–Kier alpha value is -3.46. The molecule has 0 saturated heterocycles. The summed E-state index contributed by atoms with van der Waals surface area (Å²) in [5, 5.41) is 4.11. The van der Waals surface area contributed by atoms with Crippen molar-refractivity contribution in [2.45, 2.75) is 13.0 Å². The molecule has 29 heavy (non-hydrogen) atoms. The van der Waals surface area contributed by atoms with Crippen LogP contribution in [0.1, 0.15) is 27.6 Å². The first-order valence-electron chi connectivity index (χ1n) is 8.66. The highest BCUT2D eigenvalue weighted by Crippen LogP contribution is 2.15. The van der Waals surface area contributed by atoms with Crippen LogP contribution in [0.3, 0.4) is 0 Å². The Morgan fingerprint density at radius 3 is 2.21 bits per heavy atom. The first-order valence-corrected chi connectivity index (χ1v) is 10.6. The molecule has 0 amide bonds. The number of hydrogen-bond donors (Lipinski definition) is 1. The van der Waals surface area contributed by atoms with Crippen LogP contribution < -0.4 is 4.72 Å². The first-order chi connectivity index (χ1) is 13.7. The SMILES string of the molecule is CC(OC(=O)c1ccc(-n2cccn2)cc1)C(=O)c1ccc(NS(C)(=O)=O)cc1. The molecule has 1 unspecified atom stereocenters. The summed E-state index contributed by atoms with van der Waals surface area (Å²) in [7, 11) is -3.40. The molecule has 1 N–H and O–H groups in total. The predicted octanol–water partition coefficient (Wildman–Crippen LogP) is 2.67. The number of aromatic nitrogens is 2. The van der Waals surface area contributed by atoms with Gasteiger partial charge in [0.15, 0.2) is 6.10 Å². The van der Waals surface area contributed by atoms with E-state index in [2.05, 4.69) is 9.82 Å². The van der Waals surface area contributed by atoms with Gasteiger partial charge in [0.2, 0.25) is 15.8 Å². The molecule has 0 spiro atoms. The summed E-state index contributed by atoms with van der Waals surface area (Å²) in [6, 6.07) is 14.3. The van der Waals surface area contributed by atoms with Gasteiger partial charge in [0.1, 0.15) is 0 Å². The van der Waals surface area contributed by atoms with Crippen molar-refractivity contribution >= 4 is 27.5 Å². The Morgan fingerprint density at radius 2 is 1.66 bits per heavy atom. The second-order valence-electron chi connectivity index (χ2n) is 6.36. The molecule has 0 fully saturated rings. The number of Topliss-reactive ketones (excluding diaryl/α,β-unsaturated/α-hetero) is 1. The largest absolute Gasteiger partial charge is 0.451 e. The third-order valence-electron chi connectivity index (χ3n) is 4.00. The molecule has 0 radical (unpaired) electrons. The number of nitrogens with one attached hydrogen (secondary N) is 1. The maximum absolute atomic E-state index is 12.5. The fourth-order valence-corrected chi connectivity index (χ4v) is 3.17. The van der Waals surface area contributed by atoms with Crippen molar-refractivity contribution in [3.8, 4) is 5.69 Å². The zero-order valence-electron chi connectivity index (χ0n) is 15.8. The van der Waals surface area contributed by atoms with Crippen molar-refractivity contribution in [2.24, 2.45) is 0 Å². The summed E-state index contributed by atoms with van der Waals surface area (Å²) in [5.74, 6) is -1.01. The zero-order valence-corrected chi connectivity index (χ0v) is 16.6. The van der Waals surface area contributed by atoms with Gasteiger partial charge in [-0.1, -0.05) is 0 Å². The van der Waals surface area contributed by atoms with Gasteiger partial charge in [-0.05, 0) is 61.5 Å². The van der Waals surface area contributed by atoms with Crippen LogP contribution in [0.4, 0.5) is 5.69 Å². The quantitative estimate of drug-likeness (QED) is 0.471. The first kappa shape index (κ1) is 20.3. The van der Waals surface area contributed by atoms with Gasteiger partial charge in [0.25, 0.3) is 0 Å². The number of esters is 1. The highest BCUT2D eigenvalue weighted by Gasteiger charge is 2.20. The van der Waals surface area contributed by atoms with Gasteiger partial charge in [0, 0.05) is 23.6 Å². The number of benzene rings is 2. The molecule has 1 aromatic heterocycles. The average molecular weight is 413 g/mol. The highest BCUT2D eigenvalue weighted by atomic mass is 32.2. The van der Waals surface area contributed by atoms with Crippen molar-refractivity contribution in [2.75, 3.05) is 11.0 Å². The Kier molecular flexibility index (Phi) is 5.79. The number of ether oxygens (including phenoxy) is 1. The molecule has 0 aliphatic rings. The molecule has 0 bridgehead atoms. The van der Waals surface area contributed by atoms with E-state index >= 15 is 0 Å². The molecule has 0 saturated carbocycles. The lowest BCUT2D eigenvalue weighted by Gasteiger charge is -2.13. The third-order valence-corrected chi connectivity index (χ3v) is 4.60. The molecule has 2 aromatic carbocycles. The summed E-state index contributed by atoms with van der Waals surface area (Å²) >= 11 is 0. The average Bonchev–Trinajstić information content (AvgIpc) is 3.21. The second kappa shape index (κ2) is 8.27. The molecular weight excluding hydrogens is 394 g/mol. The molecule has 3 aromatic rings. The summed E-state index contributed by atoms with van der Waals surface area (Å²) in [5.41, 5.74) is 1.75. The number of sulfonamides is 1. The van der Waals surface area contributed by atoms with E-state index in [1.54, 1.807) is 47.4 Å². The molecule has 1 atom stereocenters. The standard InChI is InChI=1S/C20H19N3O5S/c1-14(19(24)15-4-8-17(9-5-15)22-29(2,26)27)28-20(25)16-6-10-18(11-7-16)23-13-3-12-21-23/h3-14,22H,1-2H3. The molecule has 8 nitrogen and oxygen atoms in total. The third kappa shape index (κ3) is 5.29. The van der Waals surface area contributed by atoms with E-state index < -0.39 is 27.9 Å². The van der Waals surface area contributed by atoms with Gasteiger partial charge in [-0.15, -0.1) is 0 Å². The number of carbonyl (C=O) groups excluding carboxylic acids is 2. The molecular formula is C20H19N3O5S. The number of ketones is 1. The van der Waals surface area contributed by atoms with Crippen LogP contribution in [0, 0.1) is 0 Å². The van der Waals surface area contributed by atoms with Gasteiger partial charge in [-0.2, -0.15) is 5.10 Å². The van der Waals surface area contributed by atoms with Gasteiger partial charge in [-0.3, -0.25) is 9.52 Å². The van der Waals surface area contributed by atoms with E-state index in [9.17, 15) is 18.0 Å². The van der Waals surface area contributed by atoms with E-state index in [0.717, 1.165) is 11.9 Å². The van der Waals surface area contributed by atoms with Crippen LogP contribution in [0.5, 0.6) is 0 Å². The van der Waals surface area contributed by atoms with E-state index in [0.29, 0.717) is 16.8 Å². The lowest BCUT2D eigenvalue weighted by Crippen LogP contribution is -2.24. The fourth-order valence-electron chi connectivity index (χ4n) is 2.61. The predicted molar refractivity (Wildman–Crippen MR) is 108 cm³/mol. The highest BCUT2D eigenvalue weighted by molar-refractivity contribution is 7.92. The lowest BCUT2D eigenvalue weighted by atomic mass is 10.1. The maximum atomic E-state index is 12.5. The van der Waals surface area contributed by atoms with E-state index in [-0.39, 0.29) is 0 Å². The van der Waals surface area contributed by atoms with Crippen molar-refractivity contribution < 1.29 is 22.7 Å². The van der Waals surface area contributed by atoms with Crippen molar-refractivity contribution in [3.05, 3.63) is 78.1 Å². The molecule has 9 heteroatoms. The number of anilines is 1. The molecule has 3 rings (SSSR count). The van der Waals surface area contributed by atoms with E-state index in [1.165, 1.54) is 31.2 Å². The van der Waals surface area contributed by atoms with Crippen molar-refractivity contribution in [3.63, 3.8) is 0 Å². The molecule has 0 aliphatic heterocycles. The van der Waals surface area contributed by atoms with Crippen molar-refractivity contribution in [1.29, 1.82) is 0 Å². The molecule has 1 heterocycles. The summed E-state index contributed by atoms with van der Waals surface area (Å²) in [4.78, 5) is 24.8. The smallest absolute Gasteiger partial charge is 0.338 e. The number of hydrogen-bond acceptors (Lipinski definition) is 6. The van der Waals surface area contributed by atoms with Crippen LogP contribution in [0.15, 0.2) is 67.0 Å². The zero-order chi connectivity index (χ0) is 21.0. The van der Waals surface area contributed by atoms with Crippen LogP contribution in [-0.2, 0) is 14.8 Å². The molecule has 0 aliphatic carbocycles. The topological polar surface area (TPSA) is 107 Å². The number of nitrogens with zero attached hydrogens (tertiary/aromatic N) is 2. The summed E-state index contributed by atoms with van der Waals surface area (Å²) in [6.45, 7) is 1.49. The van der Waals surface area contributed by atoms with Gasteiger partial charge in [0.05, 0.1) is 17.5 Å². The Labute approximate surface area is 168 Å². The maximum Gasteiger partial charge on any atom is 0.338 e. The Bertz CT molecular complexity index is 1110. The summed E-state index contributed by atoms with van der Waals surface area (Å²) in [6.07, 6.45) is 3.47. The minimum Gasteiger partial charge on any atom is -0.451 e. The minimum absolute atomic E-state index is 0.304. The monoisotopic (exact) mass is 413 g/mol. The number of carbonyl (C=O) groups is 2. The minimum atomic E-state index is -3.40. The van der Waals surface area contributed by atoms with E-state index in [1.807, 2.05) is 0 Å². The fraction of sp³-hybridized carbons (Fsp3) is 0.150.